The molecular formula is C21H19ClN2O5. The lowest BCUT2D eigenvalue weighted by Gasteiger charge is -2.24. The Kier molecular flexibility index (Phi) is 4.20. The monoisotopic (exact) mass is 414 g/mol. The lowest BCUT2D eigenvalue weighted by Crippen LogP contribution is -2.42. The maximum absolute atomic E-state index is 13.6. The average molecular weight is 415 g/mol. The van der Waals surface area contributed by atoms with Crippen LogP contribution in [-0.4, -0.2) is 28.6 Å². The number of ether oxygens (including phenoxy) is 1. The van der Waals surface area contributed by atoms with Gasteiger partial charge in [0.15, 0.2) is 5.41 Å². The summed E-state index contributed by atoms with van der Waals surface area (Å²) in [5.74, 6) is -1.35. The number of fused-ring (bicyclic) bond motifs is 2. The third kappa shape index (κ3) is 2.80. The molecule has 0 unspecified atom stereocenters. The van der Waals surface area contributed by atoms with Gasteiger partial charge in [-0.3, -0.25) is 14.9 Å². The first kappa shape index (κ1) is 19.4. The van der Waals surface area contributed by atoms with E-state index in [1.165, 1.54) is 6.07 Å². The summed E-state index contributed by atoms with van der Waals surface area (Å²) in [5, 5.41) is 12.3. The standard InChI is InChI=1S/C21H19ClN2O5/c1-20(2,3)29-19(26)23-15-10-9-13(22)11-14(15)21(18(23)25)16(17(21)24(27)28)12-7-5-4-6-8-12/h4-11,16-17H,1-3H3/t16-,17-,21-/m0/s1. The second kappa shape index (κ2) is 6.29. The van der Waals surface area contributed by atoms with E-state index in [2.05, 4.69) is 0 Å². The third-order valence-electron chi connectivity index (χ3n) is 5.33. The summed E-state index contributed by atoms with van der Waals surface area (Å²) in [6.45, 7) is 5.06. The molecule has 8 heteroatoms. The van der Waals surface area contributed by atoms with E-state index >= 15 is 0 Å². The molecule has 1 aliphatic carbocycles. The normalized spacial score (nSPS) is 25.1. The maximum atomic E-state index is 13.6. The molecule has 0 saturated heterocycles. The lowest BCUT2D eigenvalue weighted by atomic mass is 9.92. The molecule has 1 aliphatic heterocycles. The van der Waals surface area contributed by atoms with Gasteiger partial charge < -0.3 is 4.74 Å². The minimum atomic E-state index is -1.48. The molecule has 2 aliphatic rings. The Morgan fingerprint density at radius 2 is 1.86 bits per heavy atom. The quantitative estimate of drug-likeness (QED) is 0.539. The van der Waals surface area contributed by atoms with E-state index in [1.807, 2.05) is 0 Å². The van der Waals surface area contributed by atoms with Crippen LogP contribution in [0.5, 0.6) is 0 Å². The summed E-state index contributed by atoms with van der Waals surface area (Å²) in [6.07, 6.45) is -0.858. The summed E-state index contributed by atoms with van der Waals surface area (Å²) >= 11 is 6.17. The van der Waals surface area contributed by atoms with Crippen LogP contribution in [0.1, 0.15) is 37.8 Å². The molecule has 2 aromatic carbocycles. The number of imide groups is 1. The van der Waals surface area contributed by atoms with Crippen LogP contribution in [-0.2, 0) is 14.9 Å². The number of anilines is 1. The van der Waals surface area contributed by atoms with E-state index < -0.39 is 39.9 Å². The highest BCUT2D eigenvalue weighted by molar-refractivity contribution is 6.31. The fraction of sp³-hybridized carbons (Fsp3) is 0.333. The van der Waals surface area contributed by atoms with E-state index in [4.69, 9.17) is 16.3 Å². The number of rotatable bonds is 2. The van der Waals surface area contributed by atoms with Gasteiger partial charge in [-0.1, -0.05) is 41.9 Å². The van der Waals surface area contributed by atoms with Crippen LogP contribution in [0.15, 0.2) is 48.5 Å². The summed E-state index contributed by atoms with van der Waals surface area (Å²) in [7, 11) is 0. The number of carbonyl (C=O) groups excluding carboxylic acids is 2. The van der Waals surface area contributed by atoms with Crippen molar-refractivity contribution in [3.8, 4) is 0 Å². The van der Waals surface area contributed by atoms with E-state index in [0.29, 0.717) is 16.1 Å². The minimum Gasteiger partial charge on any atom is -0.443 e. The van der Waals surface area contributed by atoms with Crippen molar-refractivity contribution >= 4 is 29.3 Å². The van der Waals surface area contributed by atoms with Gasteiger partial charge in [-0.15, -0.1) is 0 Å². The van der Waals surface area contributed by atoms with Crippen molar-refractivity contribution in [3.05, 3.63) is 74.8 Å². The van der Waals surface area contributed by atoms with Gasteiger partial charge in [0.1, 0.15) is 5.60 Å². The molecule has 2 aromatic rings. The van der Waals surface area contributed by atoms with Gasteiger partial charge >= 0.3 is 6.09 Å². The molecule has 1 saturated carbocycles. The number of carbonyl (C=O) groups is 2. The van der Waals surface area contributed by atoms with Crippen molar-refractivity contribution < 1.29 is 19.2 Å². The van der Waals surface area contributed by atoms with Crippen molar-refractivity contribution in [2.24, 2.45) is 0 Å². The highest BCUT2D eigenvalue weighted by Crippen LogP contribution is 2.67. The first-order valence-corrected chi connectivity index (χ1v) is 9.53. The zero-order valence-corrected chi connectivity index (χ0v) is 16.8. The SMILES string of the molecule is CC(C)(C)OC(=O)N1C(=O)[C@]2(c3cc(Cl)ccc31)[C@@H]([N+](=O)[O-])[C@@H]2c1ccccc1. The summed E-state index contributed by atoms with van der Waals surface area (Å²) < 4.78 is 5.40. The van der Waals surface area contributed by atoms with E-state index in [0.717, 1.165) is 4.90 Å². The predicted molar refractivity (Wildman–Crippen MR) is 107 cm³/mol. The summed E-state index contributed by atoms with van der Waals surface area (Å²) in [5.41, 5.74) is -0.984. The summed E-state index contributed by atoms with van der Waals surface area (Å²) in [4.78, 5) is 38.8. The Labute approximate surface area is 172 Å². The van der Waals surface area contributed by atoms with Gasteiger partial charge in [-0.2, -0.15) is 0 Å². The first-order chi connectivity index (χ1) is 13.6. The number of nitro groups is 1. The lowest BCUT2D eigenvalue weighted by molar-refractivity contribution is -0.499. The fourth-order valence-electron chi connectivity index (χ4n) is 4.28. The van der Waals surface area contributed by atoms with Gasteiger partial charge in [-0.05, 0) is 44.5 Å². The highest BCUT2D eigenvalue weighted by atomic mass is 35.5. The molecule has 3 atom stereocenters. The zero-order chi connectivity index (χ0) is 21.1. The van der Waals surface area contributed by atoms with Crippen molar-refractivity contribution in [3.63, 3.8) is 0 Å². The van der Waals surface area contributed by atoms with Crippen molar-refractivity contribution in [1.29, 1.82) is 0 Å². The van der Waals surface area contributed by atoms with Gasteiger partial charge in [0.25, 0.3) is 5.91 Å². The number of halogens is 1. The molecule has 7 nitrogen and oxygen atoms in total. The Balaban J connectivity index is 1.89. The Morgan fingerprint density at radius 1 is 1.21 bits per heavy atom. The van der Waals surface area contributed by atoms with Gasteiger partial charge in [0.05, 0.1) is 11.6 Å². The van der Waals surface area contributed by atoms with Crippen LogP contribution < -0.4 is 4.90 Å². The third-order valence-corrected chi connectivity index (χ3v) is 5.56. The van der Waals surface area contributed by atoms with Crippen molar-refractivity contribution in [2.75, 3.05) is 4.90 Å². The Bertz CT molecular complexity index is 1030. The van der Waals surface area contributed by atoms with Crippen LogP contribution in [0.2, 0.25) is 5.02 Å². The average Bonchev–Trinajstić information content (AvgIpc) is 3.27. The maximum Gasteiger partial charge on any atom is 0.421 e. The smallest absolute Gasteiger partial charge is 0.421 e. The molecule has 0 N–H and O–H groups in total. The number of hydrogen-bond acceptors (Lipinski definition) is 5. The molecular weight excluding hydrogens is 396 g/mol. The second-order valence-electron chi connectivity index (χ2n) is 8.27. The fourth-order valence-corrected chi connectivity index (χ4v) is 4.45. The molecule has 0 bridgehead atoms. The van der Waals surface area contributed by atoms with Crippen LogP contribution >= 0.6 is 11.6 Å². The first-order valence-electron chi connectivity index (χ1n) is 9.15. The van der Waals surface area contributed by atoms with Crippen LogP contribution in [0.3, 0.4) is 0 Å². The Morgan fingerprint density at radius 3 is 2.45 bits per heavy atom. The molecule has 29 heavy (non-hydrogen) atoms. The number of benzene rings is 2. The molecule has 150 valence electrons. The van der Waals surface area contributed by atoms with Gasteiger partial charge in [0, 0.05) is 15.5 Å². The van der Waals surface area contributed by atoms with E-state index in [1.54, 1.807) is 63.2 Å². The molecule has 1 spiro atoms. The molecule has 4 rings (SSSR count). The summed E-state index contributed by atoms with van der Waals surface area (Å²) in [6, 6.07) is 12.3. The van der Waals surface area contributed by atoms with Crippen LogP contribution in [0.4, 0.5) is 10.5 Å². The largest absolute Gasteiger partial charge is 0.443 e. The highest BCUT2D eigenvalue weighted by Gasteiger charge is 2.83. The van der Waals surface area contributed by atoms with Crippen LogP contribution in [0, 0.1) is 10.1 Å². The van der Waals surface area contributed by atoms with E-state index in [9.17, 15) is 19.7 Å². The number of amides is 2. The molecule has 2 amide bonds. The molecule has 1 fully saturated rings. The number of hydrogen-bond donors (Lipinski definition) is 0. The van der Waals surface area contributed by atoms with Gasteiger partial charge in [-0.25, -0.2) is 9.69 Å². The molecule has 1 heterocycles. The minimum absolute atomic E-state index is 0.277. The Hall–Kier alpha value is -2.93. The van der Waals surface area contributed by atoms with Crippen LogP contribution in [0.25, 0.3) is 0 Å². The predicted octanol–water partition coefficient (Wildman–Crippen LogP) is 4.30. The molecule has 0 radical (unpaired) electrons. The zero-order valence-electron chi connectivity index (χ0n) is 16.1. The second-order valence-corrected chi connectivity index (χ2v) is 8.71. The molecule has 0 aromatic heterocycles. The van der Waals surface area contributed by atoms with Crippen molar-refractivity contribution in [2.45, 2.75) is 43.7 Å². The number of nitrogens with zero attached hydrogens (tertiary/aromatic N) is 2. The van der Waals surface area contributed by atoms with Gasteiger partial charge in [0.2, 0.25) is 6.04 Å². The topological polar surface area (TPSA) is 89.8 Å². The van der Waals surface area contributed by atoms with Crippen molar-refractivity contribution in [1.82, 2.24) is 0 Å². The van der Waals surface area contributed by atoms with E-state index in [-0.39, 0.29) is 5.69 Å².